The maximum atomic E-state index is 9.10. The predicted molar refractivity (Wildman–Crippen MR) is 113 cm³/mol. The van der Waals surface area contributed by atoms with Crippen LogP contribution in [-0.2, 0) is 29.0 Å². The molecule has 0 aliphatic rings. The van der Waals surface area contributed by atoms with E-state index in [0.717, 1.165) is 48.9 Å². The fourth-order valence-corrected chi connectivity index (χ4v) is 3.13. The summed E-state index contributed by atoms with van der Waals surface area (Å²) < 4.78 is 5.35. The number of carbonyl (C=O) groups is 2. The normalized spacial score (nSPS) is 10.5. The number of H-pyrrole nitrogens is 2. The van der Waals surface area contributed by atoms with Crippen molar-refractivity contribution >= 4 is 22.8 Å². The first kappa shape index (κ1) is 23.0. The minimum Gasteiger partial charge on any atom is -0.497 e. The number of aromatic nitrogens is 3. The van der Waals surface area contributed by atoms with Crippen LogP contribution in [0, 0.1) is 13.8 Å². The monoisotopic (exact) mass is 416 g/mol. The fraction of sp³-hybridized carbons (Fsp3) is 0.381. The molecule has 162 valence electrons. The Hall–Kier alpha value is -3.33. The van der Waals surface area contributed by atoms with Crippen LogP contribution in [0.25, 0.3) is 10.9 Å². The van der Waals surface area contributed by atoms with Crippen LogP contribution in [0.15, 0.2) is 18.2 Å². The van der Waals surface area contributed by atoms with E-state index < -0.39 is 11.9 Å². The number of ether oxygens (including phenoxy) is 1. The highest BCUT2D eigenvalue weighted by Crippen LogP contribution is 2.26. The van der Waals surface area contributed by atoms with Gasteiger partial charge in [-0.15, -0.1) is 0 Å². The Morgan fingerprint density at radius 1 is 1.13 bits per heavy atom. The summed E-state index contributed by atoms with van der Waals surface area (Å²) in [6.07, 6.45) is 1.92. The Labute approximate surface area is 174 Å². The van der Waals surface area contributed by atoms with Gasteiger partial charge in [0.05, 0.1) is 12.8 Å². The van der Waals surface area contributed by atoms with Crippen molar-refractivity contribution < 1.29 is 24.5 Å². The lowest BCUT2D eigenvalue weighted by Gasteiger charge is -2.05. The summed E-state index contributed by atoms with van der Waals surface area (Å²) >= 11 is 0. The van der Waals surface area contributed by atoms with Crippen molar-refractivity contribution in [2.24, 2.45) is 0 Å². The highest BCUT2D eigenvalue weighted by molar-refractivity contribution is 6.27. The molecule has 0 spiro atoms. The van der Waals surface area contributed by atoms with E-state index in [-0.39, 0.29) is 0 Å². The van der Waals surface area contributed by atoms with Gasteiger partial charge in [0.2, 0.25) is 0 Å². The minimum absolute atomic E-state index is 0.799. The van der Waals surface area contributed by atoms with Crippen LogP contribution >= 0.6 is 0 Å². The third-order valence-electron chi connectivity index (χ3n) is 4.72. The lowest BCUT2D eigenvalue weighted by atomic mass is 10.1. The van der Waals surface area contributed by atoms with Crippen molar-refractivity contribution in [1.29, 1.82) is 0 Å². The van der Waals surface area contributed by atoms with E-state index in [4.69, 9.17) is 24.5 Å². The van der Waals surface area contributed by atoms with Crippen molar-refractivity contribution in [3.8, 4) is 5.75 Å². The molecule has 9 heteroatoms. The number of hydrogen-bond acceptors (Lipinski definition) is 5. The van der Waals surface area contributed by atoms with Crippen molar-refractivity contribution in [1.82, 2.24) is 20.3 Å². The largest absolute Gasteiger partial charge is 0.497 e. The minimum atomic E-state index is -1.82. The molecule has 0 fully saturated rings. The summed E-state index contributed by atoms with van der Waals surface area (Å²) in [5.74, 6) is -1.69. The second kappa shape index (κ2) is 10.4. The molecular formula is C21H28N4O5. The van der Waals surface area contributed by atoms with Gasteiger partial charge in [-0.1, -0.05) is 6.92 Å². The number of rotatable bonds is 7. The summed E-state index contributed by atoms with van der Waals surface area (Å²) in [6.45, 7) is 8.04. The molecule has 0 aliphatic carbocycles. The third-order valence-corrected chi connectivity index (χ3v) is 4.72. The average molecular weight is 416 g/mol. The van der Waals surface area contributed by atoms with E-state index in [1.807, 2.05) is 6.07 Å². The summed E-state index contributed by atoms with van der Waals surface area (Å²) in [5.41, 5.74) is 6.02. The first-order valence-electron chi connectivity index (χ1n) is 9.63. The van der Waals surface area contributed by atoms with Crippen LogP contribution in [0.3, 0.4) is 0 Å². The van der Waals surface area contributed by atoms with E-state index in [1.165, 1.54) is 22.2 Å². The number of imidazole rings is 1. The topological polar surface area (TPSA) is 140 Å². The van der Waals surface area contributed by atoms with Gasteiger partial charge in [0, 0.05) is 35.3 Å². The van der Waals surface area contributed by atoms with Gasteiger partial charge < -0.3 is 30.2 Å². The smallest absolute Gasteiger partial charge is 0.414 e. The van der Waals surface area contributed by atoms with Gasteiger partial charge in [0.1, 0.15) is 11.6 Å². The first-order chi connectivity index (χ1) is 14.3. The number of carboxylic acids is 2. The maximum Gasteiger partial charge on any atom is 0.414 e. The van der Waals surface area contributed by atoms with Gasteiger partial charge in [-0.05, 0) is 50.6 Å². The number of methoxy groups -OCH3 is 1. The molecule has 0 radical (unpaired) electrons. The van der Waals surface area contributed by atoms with Gasteiger partial charge in [0.25, 0.3) is 0 Å². The molecule has 2 aromatic heterocycles. The molecule has 5 N–H and O–H groups in total. The highest BCUT2D eigenvalue weighted by atomic mass is 16.5. The number of benzene rings is 1. The molecule has 1 aromatic carbocycles. The molecule has 0 saturated heterocycles. The van der Waals surface area contributed by atoms with Crippen LogP contribution in [0.4, 0.5) is 0 Å². The Morgan fingerprint density at radius 2 is 1.83 bits per heavy atom. The van der Waals surface area contributed by atoms with Gasteiger partial charge in [-0.3, -0.25) is 0 Å². The molecule has 3 rings (SSSR count). The third kappa shape index (κ3) is 5.84. The van der Waals surface area contributed by atoms with E-state index in [1.54, 1.807) is 7.11 Å². The molecule has 0 unspecified atom stereocenters. The van der Waals surface area contributed by atoms with Crippen molar-refractivity contribution in [3.63, 3.8) is 0 Å². The van der Waals surface area contributed by atoms with Gasteiger partial charge >= 0.3 is 11.9 Å². The lowest BCUT2D eigenvalue weighted by Crippen LogP contribution is -2.17. The van der Waals surface area contributed by atoms with Crippen LogP contribution in [0.2, 0.25) is 0 Å². The van der Waals surface area contributed by atoms with Crippen LogP contribution < -0.4 is 10.1 Å². The number of aliphatic carboxylic acids is 2. The summed E-state index contributed by atoms with van der Waals surface area (Å²) in [7, 11) is 1.71. The number of aryl methyl sites for hydroxylation is 3. The fourth-order valence-electron chi connectivity index (χ4n) is 3.13. The van der Waals surface area contributed by atoms with Crippen molar-refractivity contribution in [3.05, 3.63) is 46.7 Å². The van der Waals surface area contributed by atoms with Gasteiger partial charge in [-0.2, -0.15) is 0 Å². The second-order valence-corrected chi connectivity index (χ2v) is 6.79. The number of nitrogens with zero attached hydrogens (tertiary/aromatic N) is 1. The number of hydrogen-bond donors (Lipinski definition) is 5. The number of aromatic amines is 2. The molecule has 30 heavy (non-hydrogen) atoms. The summed E-state index contributed by atoms with van der Waals surface area (Å²) in [4.78, 5) is 29.6. The standard InChI is InChI=1S/C19H26N4O.C2H2O4/c1-5-19-22-13(3)18(23-19)11-20-9-8-15-12(2)21-17-7-6-14(24-4)10-16(15)17;3-1(4)2(5)6/h6-7,10,20-21H,5,8-9,11H2,1-4H3,(H,22,23);(H,3,4)(H,5,6). The average Bonchev–Trinajstić information content (AvgIpc) is 3.23. The van der Waals surface area contributed by atoms with Crippen molar-refractivity contribution in [2.45, 2.75) is 40.2 Å². The van der Waals surface area contributed by atoms with Crippen LogP contribution in [-0.4, -0.2) is 50.8 Å². The Bertz CT molecular complexity index is 1010. The lowest BCUT2D eigenvalue weighted by molar-refractivity contribution is -0.159. The maximum absolute atomic E-state index is 9.10. The van der Waals surface area contributed by atoms with Crippen LogP contribution in [0.5, 0.6) is 5.75 Å². The number of fused-ring (bicyclic) bond motifs is 1. The second-order valence-electron chi connectivity index (χ2n) is 6.79. The summed E-state index contributed by atoms with van der Waals surface area (Å²) in [5, 5.41) is 19.5. The highest BCUT2D eigenvalue weighted by Gasteiger charge is 2.10. The molecule has 2 heterocycles. The van der Waals surface area contributed by atoms with Gasteiger partial charge in [0.15, 0.2) is 0 Å². The first-order valence-corrected chi connectivity index (χ1v) is 9.63. The van der Waals surface area contributed by atoms with Gasteiger partial charge in [-0.25, -0.2) is 14.6 Å². The molecule has 0 bridgehead atoms. The SMILES string of the molecule is CCc1nc(CNCCc2c(C)[nH]c3ccc(OC)cc23)c(C)[nH]1.O=C(O)C(=O)O. The van der Waals surface area contributed by atoms with E-state index in [2.05, 4.69) is 53.2 Å². The zero-order valence-electron chi connectivity index (χ0n) is 17.6. The molecule has 0 amide bonds. The molecule has 0 aliphatic heterocycles. The van der Waals surface area contributed by atoms with Crippen molar-refractivity contribution in [2.75, 3.05) is 13.7 Å². The van der Waals surface area contributed by atoms with E-state index >= 15 is 0 Å². The van der Waals surface area contributed by atoms with E-state index in [9.17, 15) is 0 Å². The van der Waals surface area contributed by atoms with Crippen LogP contribution in [0.1, 0.15) is 35.4 Å². The number of nitrogens with one attached hydrogen (secondary N) is 3. The Morgan fingerprint density at radius 3 is 2.40 bits per heavy atom. The zero-order chi connectivity index (χ0) is 22.3. The molecule has 9 nitrogen and oxygen atoms in total. The molecule has 0 atom stereocenters. The quantitative estimate of drug-likeness (QED) is 0.294. The Kier molecular flexibility index (Phi) is 7.99. The number of carboxylic acid groups (broad SMARTS) is 2. The molecule has 0 saturated carbocycles. The molecule has 3 aromatic rings. The zero-order valence-corrected chi connectivity index (χ0v) is 17.6. The summed E-state index contributed by atoms with van der Waals surface area (Å²) in [6, 6.07) is 6.18. The predicted octanol–water partition coefficient (Wildman–Crippen LogP) is 2.57. The molecular weight excluding hydrogens is 388 g/mol. The Balaban J connectivity index is 0.000000469. The van der Waals surface area contributed by atoms with E-state index in [0.29, 0.717) is 0 Å².